The van der Waals surface area contributed by atoms with E-state index in [4.69, 9.17) is 0 Å². The number of aliphatic hydroxyl groups excluding tert-OH is 1. The van der Waals surface area contributed by atoms with E-state index in [0.29, 0.717) is 6.54 Å². The molecule has 142 valence electrons. The largest absolute Gasteiger partial charge is 0.508 e. The van der Waals surface area contributed by atoms with Crippen LogP contribution in [0.5, 0.6) is 5.75 Å². The molecule has 0 aliphatic rings. The van der Waals surface area contributed by atoms with Gasteiger partial charge in [0.15, 0.2) is 0 Å². The molecule has 0 saturated heterocycles. The zero-order chi connectivity index (χ0) is 18.4. The zero-order valence-electron chi connectivity index (χ0n) is 14.9. The van der Waals surface area contributed by atoms with Gasteiger partial charge in [-0.05, 0) is 49.9 Å². The quantitative estimate of drug-likeness (QED) is 0.478. The van der Waals surface area contributed by atoms with E-state index in [9.17, 15) is 20.3 Å². The second-order valence-electron chi connectivity index (χ2n) is 6.80. The maximum absolute atomic E-state index is 10.7. The second-order valence-corrected chi connectivity index (χ2v) is 6.80. The highest BCUT2D eigenvalue weighted by atomic mass is 35.5. The lowest BCUT2D eigenvalue weighted by atomic mass is 9.94. The van der Waals surface area contributed by atoms with Crippen LogP contribution in [0.15, 0.2) is 48.5 Å². The van der Waals surface area contributed by atoms with Gasteiger partial charge in [-0.25, -0.2) is 0 Å². The number of nitrogens with zero attached hydrogens (tertiary/aromatic N) is 1. The summed E-state index contributed by atoms with van der Waals surface area (Å²) in [6, 6.07) is 13.1. The molecule has 2 aromatic carbocycles. The Morgan fingerprint density at radius 3 is 2.23 bits per heavy atom. The van der Waals surface area contributed by atoms with E-state index in [0.717, 1.165) is 24.0 Å². The van der Waals surface area contributed by atoms with E-state index in [-0.39, 0.29) is 29.4 Å². The Morgan fingerprint density at radius 1 is 1.12 bits per heavy atom. The van der Waals surface area contributed by atoms with Crippen LogP contribution in [0.1, 0.15) is 37.5 Å². The number of non-ortho nitro benzene ring substituents is 1. The molecule has 0 amide bonds. The maximum atomic E-state index is 10.7. The van der Waals surface area contributed by atoms with E-state index in [1.807, 2.05) is 0 Å². The van der Waals surface area contributed by atoms with Gasteiger partial charge in [0.25, 0.3) is 5.69 Å². The average molecular weight is 381 g/mol. The number of benzene rings is 2. The molecule has 0 aliphatic heterocycles. The van der Waals surface area contributed by atoms with Crippen molar-refractivity contribution in [2.24, 2.45) is 0 Å². The van der Waals surface area contributed by atoms with Crippen LogP contribution in [0.2, 0.25) is 0 Å². The number of phenols is 1. The molecule has 0 fully saturated rings. The Bertz CT molecular complexity index is 702. The molecule has 7 heteroatoms. The number of phenolic OH excluding ortho intramolecular Hbond substituents is 1. The van der Waals surface area contributed by atoms with Gasteiger partial charge in [0.1, 0.15) is 5.75 Å². The van der Waals surface area contributed by atoms with Gasteiger partial charge >= 0.3 is 0 Å². The number of nitro benzene ring substituents is 1. The summed E-state index contributed by atoms with van der Waals surface area (Å²) in [6.45, 7) is 4.52. The molecule has 3 N–H and O–H groups in total. The van der Waals surface area contributed by atoms with Gasteiger partial charge < -0.3 is 15.5 Å². The topological polar surface area (TPSA) is 95.6 Å². The summed E-state index contributed by atoms with van der Waals surface area (Å²) in [5, 5.41) is 33.5. The van der Waals surface area contributed by atoms with Crippen molar-refractivity contribution >= 4 is 18.1 Å². The highest BCUT2D eigenvalue weighted by Crippen LogP contribution is 2.20. The lowest BCUT2D eigenvalue weighted by Gasteiger charge is -2.28. The molecule has 6 nitrogen and oxygen atoms in total. The summed E-state index contributed by atoms with van der Waals surface area (Å²) in [4.78, 5) is 10.3. The van der Waals surface area contributed by atoms with Crippen molar-refractivity contribution in [3.05, 3.63) is 69.8 Å². The number of rotatable bonds is 8. The maximum Gasteiger partial charge on any atom is 0.269 e. The highest BCUT2D eigenvalue weighted by Gasteiger charge is 2.19. The molecule has 0 saturated carbocycles. The molecule has 0 spiro atoms. The molecule has 26 heavy (non-hydrogen) atoms. The first-order chi connectivity index (χ1) is 11.8. The van der Waals surface area contributed by atoms with Crippen LogP contribution in [-0.2, 0) is 6.42 Å². The van der Waals surface area contributed by atoms with E-state index >= 15 is 0 Å². The minimum absolute atomic E-state index is 0. The van der Waals surface area contributed by atoms with Crippen LogP contribution in [0, 0.1) is 10.1 Å². The Morgan fingerprint density at radius 2 is 1.69 bits per heavy atom. The Balaban J connectivity index is 0.00000338. The fraction of sp³-hybridized carbons (Fsp3) is 0.368. The number of aromatic hydroxyl groups is 1. The van der Waals surface area contributed by atoms with Crippen LogP contribution in [0.25, 0.3) is 0 Å². The van der Waals surface area contributed by atoms with Gasteiger partial charge in [0, 0.05) is 24.2 Å². The van der Waals surface area contributed by atoms with Crippen LogP contribution in [0.3, 0.4) is 0 Å². The number of nitrogens with one attached hydrogen (secondary N) is 1. The molecule has 0 radical (unpaired) electrons. The standard InChI is InChI=1S/C19H24N2O4.ClH/c1-19(2,12-11-14-3-7-16(8-4-14)21(24)25)20-13-18(23)15-5-9-17(22)10-6-15;/h3-10,18,20,22-23H,11-13H2,1-2H3;1H/t18-;/m0./s1. The normalized spacial score (nSPS) is 12.3. The fourth-order valence-corrected chi connectivity index (χ4v) is 2.52. The Labute approximate surface area is 159 Å². The van der Waals surface area contributed by atoms with Crippen LogP contribution in [-0.4, -0.2) is 27.2 Å². The monoisotopic (exact) mass is 380 g/mol. The summed E-state index contributed by atoms with van der Waals surface area (Å²) in [7, 11) is 0. The van der Waals surface area contributed by atoms with Crippen molar-refractivity contribution in [2.75, 3.05) is 6.54 Å². The van der Waals surface area contributed by atoms with Crippen molar-refractivity contribution < 1.29 is 15.1 Å². The predicted octanol–water partition coefficient (Wildman–Crippen LogP) is 3.76. The van der Waals surface area contributed by atoms with Crippen LogP contribution >= 0.6 is 12.4 Å². The number of hydrogen-bond acceptors (Lipinski definition) is 5. The van der Waals surface area contributed by atoms with Crippen molar-refractivity contribution in [1.29, 1.82) is 0 Å². The fourth-order valence-electron chi connectivity index (χ4n) is 2.52. The molecule has 0 aromatic heterocycles. The Kier molecular flexibility index (Phi) is 8.02. The molecule has 0 unspecified atom stereocenters. The number of β-amino-alcohol motifs (C(OH)–C–C–N with tert-alkyl or cyclic N) is 1. The van der Waals surface area contributed by atoms with Crippen molar-refractivity contribution in [2.45, 2.75) is 38.3 Å². The average Bonchev–Trinajstić information content (AvgIpc) is 2.59. The summed E-state index contributed by atoms with van der Waals surface area (Å²) >= 11 is 0. The van der Waals surface area contributed by atoms with Crippen molar-refractivity contribution in [3.8, 4) is 5.75 Å². The summed E-state index contributed by atoms with van der Waals surface area (Å²) in [5.41, 5.74) is 1.69. The van der Waals surface area contributed by atoms with Crippen molar-refractivity contribution in [1.82, 2.24) is 5.32 Å². The van der Waals surface area contributed by atoms with Crippen LogP contribution < -0.4 is 5.32 Å². The molecule has 0 bridgehead atoms. The number of halogens is 1. The van der Waals surface area contributed by atoms with Gasteiger partial charge in [0.05, 0.1) is 11.0 Å². The minimum Gasteiger partial charge on any atom is -0.508 e. The third-order valence-corrected chi connectivity index (χ3v) is 4.24. The first-order valence-corrected chi connectivity index (χ1v) is 8.22. The number of nitro groups is 1. The first kappa shape index (κ1) is 21.9. The minimum atomic E-state index is -0.653. The summed E-state index contributed by atoms with van der Waals surface area (Å²) in [6.07, 6.45) is 0.958. The second kappa shape index (κ2) is 9.52. The summed E-state index contributed by atoms with van der Waals surface area (Å²) < 4.78 is 0. The smallest absolute Gasteiger partial charge is 0.269 e. The lowest BCUT2D eigenvalue weighted by Crippen LogP contribution is -2.41. The number of hydrogen-bond donors (Lipinski definition) is 3. The first-order valence-electron chi connectivity index (χ1n) is 8.22. The van der Waals surface area contributed by atoms with E-state index in [1.165, 1.54) is 12.1 Å². The van der Waals surface area contributed by atoms with Crippen molar-refractivity contribution in [3.63, 3.8) is 0 Å². The molecular formula is C19H25ClN2O4. The number of aryl methyl sites for hydroxylation is 1. The SMILES string of the molecule is CC(C)(CCc1ccc([N+](=O)[O-])cc1)NC[C@H](O)c1ccc(O)cc1.Cl. The molecule has 0 aliphatic carbocycles. The van der Waals surface area contributed by atoms with Gasteiger partial charge in [-0.3, -0.25) is 10.1 Å². The zero-order valence-corrected chi connectivity index (χ0v) is 15.7. The lowest BCUT2D eigenvalue weighted by molar-refractivity contribution is -0.384. The molecule has 0 heterocycles. The highest BCUT2D eigenvalue weighted by molar-refractivity contribution is 5.85. The summed E-state index contributed by atoms with van der Waals surface area (Å²) in [5.74, 6) is 0.173. The van der Waals surface area contributed by atoms with Gasteiger partial charge in [0.2, 0.25) is 0 Å². The predicted molar refractivity (Wildman–Crippen MR) is 104 cm³/mol. The van der Waals surface area contributed by atoms with Crippen LogP contribution in [0.4, 0.5) is 5.69 Å². The third-order valence-electron chi connectivity index (χ3n) is 4.24. The van der Waals surface area contributed by atoms with Gasteiger partial charge in [-0.2, -0.15) is 0 Å². The van der Waals surface area contributed by atoms with E-state index in [1.54, 1.807) is 36.4 Å². The molecular weight excluding hydrogens is 356 g/mol. The van der Waals surface area contributed by atoms with Gasteiger partial charge in [-0.15, -0.1) is 12.4 Å². The third kappa shape index (κ3) is 6.63. The van der Waals surface area contributed by atoms with E-state index in [2.05, 4.69) is 19.2 Å². The molecule has 2 rings (SSSR count). The van der Waals surface area contributed by atoms with Gasteiger partial charge in [-0.1, -0.05) is 24.3 Å². The molecule has 1 atom stereocenters. The van der Waals surface area contributed by atoms with E-state index < -0.39 is 11.0 Å². The molecule has 2 aromatic rings. The number of aliphatic hydroxyl groups is 1. The Hall–Kier alpha value is -2.15.